The molecule has 6 aliphatic rings. The second kappa shape index (κ2) is 25.1. The van der Waals surface area contributed by atoms with Crippen LogP contribution in [-0.4, -0.2) is 6.71 Å². The van der Waals surface area contributed by atoms with Gasteiger partial charge in [0, 0.05) is 56.8 Å². The maximum absolute atomic E-state index is 2.75. The van der Waals surface area contributed by atoms with Crippen molar-refractivity contribution in [1.29, 1.82) is 0 Å². The van der Waals surface area contributed by atoms with Gasteiger partial charge in [-0.3, -0.25) is 0 Å². The molecule has 0 fully saturated rings. The maximum Gasteiger partial charge on any atom is 0.252 e. The molecule has 0 saturated heterocycles. The molecule has 3 heteroatoms. The quantitative estimate of drug-likeness (QED) is 0.133. The molecule has 0 N–H and O–H groups in total. The Labute approximate surface area is 625 Å². The van der Waals surface area contributed by atoms with Crippen LogP contribution in [0.25, 0.3) is 72.3 Å². The van der Waals surface area contributed by atoms with Gasteiger partial charge in [0.05, 0.1) is 11.4 Å². The number of anilines is 6. The van der Waals surface area contributed by atoms with Crippen molar-refractivity contribution in [2.24, 2.45) is 28.6 Å². The van der Waals surface area contributed by atoms with E-state index in [9.17, 15) is 0 Å². The van der Waals surface area contributed by atoms with Crippen LogP contribution in [0.2, 0.25) is 0 Å². The molecule has 0 aromatic heterocycles. The lowest BCUT2D eigenvalue weighted by molar-refractivity contribution is 0.328. The number of rotatable bonds is 9. The van der Waals surface area contributed by atoms with Crippen LogP contribution >= 0.6 is 0 Å². The van der Waals surface area contributed by atoms with Gasteiger partial charge in [0.15, 0.2) is 0 Å². The molecule has 2 heterocycles. The van der Waals surface area contributed by atoms with E-state index in [1.165, 1.54) is 145 Å². The highest BCUT2D eigenvalue weighted by Gasteiger charge is 2.49. The zero-order chi connectivity index (χ0) is 72.8. The van der Waals surface area contributed by atoms with Crippen LogP contribution in [0.15, 0.2) is 313 Å². The van der Waals surface area contributed by atoms with E-state index in [1.54, 1.807) is 0 Å². The zero-order valence-corrected chi connectivity index (χ0v) is 64.0. The summed E-state index contributed by atoms with van der Waals surface area (Å²) in [5, 5.41) is 0. The summed E-state index contributed by atoms with van der Waals surface area (Å²) < 4.78 is 0. The van der Waals surface area contributed by atoms with Crippen molar-refractivity contribution in [1.82, 2.24) is 0 Å². The van der Waals surface area contributed by atoms with E-state index in [1.807, 2.05) is 0 Å². The Morgan fingerprint density at radius 3 is 1.23 bits per heavy atom. The van der Waals surface area contributed by atoms with E-state index in [-0.39, 0.29) is 39.7 Å². The van der Waals surface area contributed by atoms with Crippen LogP contribution in [0, 0.1) is 28.6 Å². The van der Waals surface area contributed by atoms with E-state index in [0.717, 1.165) is 34.7 Å². The lowest BCUT2D eigenvalue weighted by Gasteiger charge is -2.48. The minimum absolute atomic E-state index is 0.0329. The van der Waals surface area contributed by atoms with Gasteiger partial charge in [0.1, 0.15) is 0 Å². The van der Waals surface area contributed by atoms with Crippen LogP contribution in [0.3, 0.4) is 0 Å². The summed E-state index contributed by atoms with van der Waals surface area (Å²) in [6.45, 7) is 35.4. The molecule has 0 bridgehead atoms. The van der Waals surface area contributed by atoms with E-state index in [2.05, 4.69) is 399 Å². The van der Waals surface area contributed by atoms with Gasteiger partial charge in [-0.05, 0) is 199 Å². The first-order valence-corrected chi connectivity index (χ1v) is 38.3. The first-order valence-electron chi connectivity index (χ1n) is 38.3. The van der Waals surface area contributed by atoms with E-state index < -0.39 is 0 Å². The molecule has 11 aromatic carbocycles. The van der Waals surface area contributed by atoms with Crippen LogP contribution in [0.5, 0.6) is 0 Å². The Balaban J connectivity index is 1.06. The topological polar surface area (TPSA) is 6.48 Å². The van der Waals surface area contributed by atoms with Gasteiger partial charge in [0.25, 0.3) is 6.71 Å². The first-order chi connectivity index (χ1) is 50.2. The Morgan fingerprint density at radius 2 is 0.762 bits per heavy atom. The highest BCUT2D eigenvalue weighted by atomic mass is 15.2. The molecule has 105 heavy (non-hydrogen) atoms. The Hall–Kier alpha value is -10.5. The Kier molecular flexibility index (Phi) is 16.2. The molecule has 0 spiro atoms. The lowest BCUT2D eigenvalue weighted by Crippen LogP contribution is -2.61. The van der Waals surface area contributed by atoms with Crippen molar-refractivity contribution in [2.45, 2.75) is 127 Å². The number of hydrogen-bond donors (Lipinski definition) is 0. The summed E-state index contributed by atoms with van der Waals surface area (Å²) in [4.78, 5) is 5.49. The molecule has 518 valence electrons. The predicted molar refractivity (Wildman–Crippen MR) is 452 cm³/mol. The van der Waals surface area contributed by atoms with Gasteiger partial charge in [-0.1, -0.05) is 346 Å². The monoisotopic (exact) mass is 1360 g/mol. The van der Waals surface area contributed by atoms with Crippen LogP contribution in [-0.2, 0) is 16.2 Å². The van der Waals surface area contributed by atoms with E-state index in [0.29, 0.717) is 11.8 Å². The average molecular weight is 1360 g/mol. The fourth-order valence-corrected chi connectivity index (χ4v) is 17.7. The molecule has 4 aliphatic carbocycles. The fourth-order valence-electron chi connectivity index (χ4n) is 17.7. The van der Waals surface area contributed by atoms with E-state index >= 15 is 0 Å². The summed E-state index contributed by atoms with van der Waals surface area (Å²) in [6.07, 6.45) is 16.6. The van der Waals surface area contributed by atoms with Gasteiger partial charge < -0.3 is 9.80 Å². The summed E-state index contributed by atoms with van der Waals surface area (Å²) in [5.41, 5.74) is 38.1. The summed E-state index contributed by atoms with van der Waals surface area (Å²) in [7, 11) is 0. The molecule has 0 radical (unpaired) electrons. The molecule has 3 unspecified atom stereocenters. The molecule has 3 atom stereocenters. The second-order valence-electron chi connectivity index (χ2n) is 35.7. The third-order valence-electron chi connectivity index (χ3n) is 23.6. The normalized spacial score (nSPS) is 17.4. The third-order valence-corrected chi connectivity index (χ3v) is 23.6. The molecule has 0 amide bonds. The molecule has 17 rings (SSSR count). The summed E-state index contributed by atoms with van der Waals surface area (Å²) >= 11 is 0. The van der Waals surface area contributed by atoms with Gasteiger partial charge in [-0.25, -0.2) is 0 Å². The zero-order valence-electron chi connectivity index (χ0n) is 64.0. The molecule has 2 nitrogen and oxygen atoms in total. The van der Waals surface area contributed by atoms with Crippen LogP contribution in [0.4, 0.5) is 34.1 Å². The van der Waals surface area contributed by atoms with Gasteiger partial charge in [-0.2, -0.15) is 0 Å². The minimum atomic E-state index is -0.237. The summed E-state index contributed by atoms with van der Waals surface area (Å²) in [5.74, 6) is 1.02. The van der Waals surface area contributed by atoms with Crippen molar-refractivity contribution in [3.63, 3.8) is 0 Å². The van der Waals surface area contributed by atoms with Crippen LogP contribution < -0.4 is 26.2 Å². The summed E-state index contributed by atoms with van der Waals surface area (Å²) in [6, 6.07) is 96.1. The van der Waals surface area contributed by atoms with Crippen LogP contribution in [0.1, 0.15) is 133 Å². The van der Waals surface area contributed by atoms with Crippen molar-refractivity contribution < 1.29 is 0 Å². The third kappa shape index (κ3) is 11.9. The van der Waals surface area contributed by atoms with Crippen molar-refractivity contribution in [3.8, 4) is 66.8 Å². The molecular weight excluding hydrogens is 1260 g/mol. The number of hydrogen-bond acceptors (Lipinski definition) is 2. The largest absolute Gasteiger partial charge is 0.310 e. The maximum atomic E-state index is 2.75. The standard InChI is InChI=1S/C102H97BN2/c1-98(2,3)76-47-43-65(44-48-76)74-57-91-95-92(58-74)105(97-84(68-37-27-19-28-38-68)61-80(102(13,14)15)62-85(97)69-39-29-20-30-40-69)90-56-70(64-31-21-16-22-32-64)45-49-87(90)103(95)88-55-71(81-54-75-53-77(99(4,5)6)51-72-41-42-73-52-78(100(7,8)9)63-86(81)94(73)93(72)75)46-50-89(88)104(91)96-82(66-33-23-17-24-34-66)59-79(101(10,11)12)60-83(96)67-35-25-18-26-36-67/h16-50,52-63,72,93-94H,51H2,1-15H3. The van der Waals surface area contributed by atoms with Gasteiger partial charge in [0.2, 0.25) is 0 Å². The average Bonchev–Trinajstić information content (AvgIpc) is 0.686. The van der Waals surface area contributed by atoms with Gasteiger partial charge >= 0.3 is 0 Å². The number of allylic oxidation sites excluding steroid dienone is 12. The number of benzene rings is 11. The number of nitrogens with zero attached hydrogens (tertiary/aromatic N) is 2. The lowest BCUT2D eigenvalue weighted by atomic mass is 9.33. The highest BCUT2D eigenvalue weighted by molar-refractivity contribution is 7.00. The fraction of sp³-hybridized carbons (Fsp3) is 0.235. The minimum Gasteiger partial charge on any atom is -0.310 e. The van der Waals surface area contributed by atoms with E-state index in [4.69, 9.17) is 0 Å². The van der Waals surface area contributed by atoms with Crippen molar-refractivity contribution >= 4 is 62.8 Å². The Bertz CT molecular complexity index is 5370. The van der Waals surface area contributed by atoms with Gasteiger partial charge in [-0.15, -0.1) is 0 Å². The highest BCUT2D eigenvalue weighted by Crippen LogP contribution is 2.59. The molecule has 0 saturated carbocycles. The number of fused-ring (bicyclic) bond motifs is 4. The molecular formula is C102H97BN2. The Morgan fingerprint density at radius 1 is 0.324 bits per heavy atom. The second-order valence-corrected chi connectivity index (χ2v) is 35.7. The smallest absolute Gasteiger partial charge is 0.252 e. The van der Waals surface area contributed by atoms with Crippen molar-refractivity contribution in [3.05, 3.63) is 335 Å². The van der Waals surface area contributed by atoms with Crippen molar-refractivity contribution in [2.75, 3.05) is 9.80 Å². The molecule has 2 aliphatic heterocycles. The first kappa shape index (κ1) is 67.7. The SMILES string of the molecule is CC(C)(C)C1=CC2=C(c3ccc4c(c3)B3c5ccc(-c6ccccc6)cc5N(c5c(-c6ccccc6)cc(C(C)(C)C)cc5-c5ccccc5)c5cc(-c6ccc(C(C)(C)C)cc6)cc(c53)N4c3c(-c4ccccc4)cc(C(C)(C)C)cc3-c3ccccc3)C=C3C=C(C(C)(C)C)CC4C=CC(=C1)C2C34. The predicted octanol–water partition coefficient (Wildman–Crippen LogP) is 26.1. The molecule has 11 aromatic rings.